The molecule has 0 aliphatic carbocycles. The van der Waals surface area contributed by atoms with Crippen molar-refractivity contribution >= 4 is 5.95 Å². The van der Waals surface area contributed by atoms with Crippen molar-refractivity contribution in [2.75, 3.05) is 18.0 Å². The van der Waals surface area contributed by atoms with E-state index in [9.17, 15) is 9.50 Å². The molecule has 1 aliphatic rings. The molecule has 0 bridgehead atoms. The number of alkyl halides is 1. The highest BCUT2D eigenvalue weighted by Gasteiger charge is 2.28. The lowest BCUT2D eigenvalue weighted by Crippen LogP contribution is -2.45. The molecule has 4 nitrogen and oxygen atoms in total. The molecule has 0 aromatic carbocycles. The van der Waals surface area contributed by atoms with Crippen LogP contribution in [0.4, 0.5) is 10.3 Å². The molecule has 1 aliphatic heterocycles. The van der Waals surface area contributed by atoms with Gasteiger partial charge in [-0.3, -0.25) is 0 Å². The molecule has 1 saturated heterocycles. The third kappa shape index (κ3) is 1.82. The van der Waals surface area contributed by atoms with Crippen LogP contribution in [0.3, 0.4) is 0 Å². The first-order valence-corrected chi connectivity index (χ1v) is 4.61. The van der Waals surface area contributed by atoms with Gasteiger partial charge in [-0.15, -0.1) is 0 Å². The molecular weight excluding hydrogens is 185 g/mol. The van der Waals surface area contributed by atoms with Gasteiger partial charge in [-0.2, -0.15) is 0 Å². The fraction of sp³-hybridized carbons (Fsp3) is 0.556. The second kappa shape index (κ2) is 3.88. The molecule has 0 spiro atoms. The average Bonchev–Trinajstić information content (AvgIpc) is 2.23. The standard InChI is InChI=1S/C9H12FN3O/c10-7-6-13(5-2-8(7)14)9-11-3-1-4-12-9/h1,3-4,7-8,14H,2,5-6H2. The lowest BCUT2D eigenvalue weighted by molar-refractivity contribution is 0.0611. The van der Waals surface area contributed by atoms with Gasteiger partial charge >= 0.3 is 0 Å². The number of aromatic nitrogens is 2. The molecule has 1 fully saturated rings. The number of nitrogens with zero attached hydrogens (tertiary/aromatic N) is 3. The number of halogens is 1. The van der Waals surface area contributed by atoms with Gasteiger partial charge < -0.3 is 10.0 Å². The second-order valence-corrected chi connectivity index (χ2v) is 3.37. The zero-order chi connectivity index (χ0) is 9.97. The first-order valence-electron chi connectivity index (χ1n) is 4.61. The minimum absolute atomic E-state index is 0.172. The summed E-state index contributed by atoms with van der Waals surface area (Å²) in [5.74, 6) is 0.530. The van der Waals surface area contributed by atoms with E-state index in [-0.39, 0.29) is 6.54 Å². The van der Waals surface area contributed by atoms with Gasteiger partial charge in [0.2, 0.25) is 5.95 Å². The van der Waals surface area contributed by atoms with Crippen LogP contribution in [0, 0.1) is 0 Å². The summed E-state index contributed by atoms with van der Waals surface area (Å²) in [7, 11) is 0. The van der Waals surface area contributed by atoms with Crippen LogP contribution in [0.5, 0.6) is 0 Å². The summed E-state index contributed by atoms with van der Waals surface area (Å²) < 4.78 is 13.2. The SMILES string of the molecule is OC1CCN(c2ncccn2)CC1F. The summed E-state index contributed by atoms with van der Waals surface area (Å²) >= 11 is 0. The second-order valence-electron chi connectivity index (χ2n) is 3.37. The Morgan fingerprint density at radius 3 is 2.79 bits per heavy atom. The summed E-state index contributed by atoms with van der Waals surface area (Å²) in [6.45, 7) is 0.775. The third-order valence-corrected chi connectivity index (χ3v) is 2.34. The van der Waals surface area contributed by atoms with Crippen molar-refractivity contribution in [1.29, 1.82) is 0 Å². The van der Waals surface area contributed by atoms with E-state index in [1.54, 1.807) is 23.4 Å². The van der Waals surface area contributed by atoms with Gasteiger partial charge in [-0.1, -0.05) is 0 Å². The maximum absolute atomic E-state index is 13.2. The molecule has 2 heterocycles. The van der Waals surface area contributed by atoms with Crippen molar-refractivity contribution in [1.82, 2.24) is 9.97 Å². The van der Waals surface area contributed by atoms with Crippen molar-refractivity contribution in [2.24, 2.45) is 0 Å². The smallest absolute Gasteiger partial charge is 0.225 e. The number of aliphatic hydroxyl groups excluding tert-OH is 1. The molecule has 1 N–H and O–H groups in total. The van der Waals surface area contributed by atoms with Crippen molar-refractivity contribution < 1.29 is 9.50 Å². The van der Waals surface area contributed by atoms with Crippen molar-refractivity contribution in [3.05, 3.63) is 18.5 Å². The van der Waals surface area contributed by atoms with Gasteiger partial charge in [0.15, 0.2) is 0 Å². The monoisotopic (exact) mass is 197 g/mol. The zero-order valence-corrected chi connectivity index (χ0v) is 7.67. The third-order valence-electron chi connectivity index (χ3n) is 2.34. The Kier molecular flexibility index (Phi) is 2.58. The summed E-state index contributed by atoms with van der Waals surface area (Å²) in [5, 5.41) is 9.20. The lowest BCUT2D eigenvalue weighted by Gasteiger charge is -2.31. The molecule has 14 heavy (non-hydrogen) atoms. The number of hydrogen-bond donors (Lipinski definition) is 1. The van der Waals surface area contributed by atoms with Gasteiger partial charge in [0.05, 0.1) is 12.6 Å². The molecule has 2 rings (SSSR count). The van der Waals surface area contributed by atoms with Crippen molar-refractivity contribution in [3.63, 3.8) is 0 Å². The van der Waals surface area contributed by atoms with Crippen LogP contribution in [-0.4, -0.2) is 40.4 Å². The molecule has 0 saturated carbocycles. The molecule has 0 radical (unpaired) electrons. The normalized spacial score (nSPS) is 27.7. The van der Waals surface area contributed by atoms with E-state index < -0.39 is 12.3 Å². The Hall–Kier alpha value is -1.23. The number of anilines is 1. The Morgan fingerprint density at radius 1 is 1.43 bits per heavy atom. The molecule has 2 atom stereocenters. The van der Waals surface area contributed by atoms with Crippen LogP contribution in [-0.2, 0) is 0 Å². The largest absolute Gasteiger partial charge is 0.390 e. The van der Waals surface area contributed by atoms with Gasteiger partial charge in [-0.05, 0) is 12.5 Å². The zero-order valence-electron chi connectivity index (χ0n) is 7.67. The van der Waals surface area contributed by atoms with Crippen LogP contribution < -0.4 is 4.90 Å². The number of rotatable bonds is 1. The maximum atomic E-state index is 13.2. The predicted molar refractivity (Wildman–Crippen MR) is 49.8 cm³/mol. The summed E-state index contributed by atoms with van der Waals surface area (Å²) in [6, 6.07) is 1.72. The summed E-state index contributed by atoms with van der Waals surface area (Å²) in [5.41, 5.74) is 0. The fourth-order valence-corrected chi connectivity index (χ4v) is 1.53. The van der Waals surface area contributed by atoms with E-state index in [4.69, 9.17) is 0 Å². The van der Waals surface area contributed by atoms with Crippen molar-refractivity contribution in [2.45, 2.75) is 18.7 Å². The Morgan fingerprint density at radius 2 is 2.14 bits per heavy atom. The number of aliphatic hydroxyl groups is 1. The van der Waals surface area contributed by atoms with Crippen LogP contribution in [0.1, 0.15) is 6.42 Å². The first-order chi connectivity index (χ1) is 6.77. The van der Waals surface area contributed by atoms with Crippen molar-refractivity contribution in [3.8, 4) is 0 Å². The molecule has 1 aromatic heterocycles. The predicted octanol–water partition coefficient (Wildman–Crippen LogP) is 0.386. The molecule has 5 heteroatoms. The van der Waals surface area contributed by atoms with E-state index >= 15 is 0 Å². The van der Waals surface area contributed by atoms with Gasteiger partial charge in [0.1, 0.15) is 6.17 Å². The summed E-state index contributed by atoms with van der Waals surface area (Å²) in [4.78, 5) is 9.80. The first kappa shape index (κ1) is 9.33. The lowest BCUT2D eigenvalue weighted by atomic mass is 10.1. The highest BCUT2D eigenvalue weighted by Crippen LogP contribution is 2.17. The quantitative estimate of drug-likeness (QED) is 0.707. The Bertz CT molecular complexity index is 295. The molecule has 1 aromatic rings. The highest BCUT2D eigenvalue weighted by atomic mass is 19.1. The van der Waals surface area contributed by atoms with E-state index in [0.717, 1.165) is 0 Å². The summed E-state index contributed by atoms with van der Waals surface area (Å²) in [6.07, 6.45) is 1.64. The van der Waals surface area contributed by atoms with Crippen LogP contribution in [0.15, 0.2) is 18.5 Å². The molecule has 0 amide bonds. The van der Waals surface area contributed by atoms with Gasteiger partial charge in [0, 0.05) is 18.9 Å². The number of piperidine rings is 1. The van der Waals surface area contributed by atoms with Gasteiger partial charge in [0.25, 0.3) is 0 Å². The highest BCUT2D eigenvalue weighted by molar-refractivity contribution is 5.29. The van der Waals surface area contributed by atoms with E-state index in [0.29, 0.717) is 18.9 Å². The topological polar surface area (TPSA) is 49.2 Å². The average molecular weight is 197 g/mol. The number of hydrogen-bond acceptors (Lipinski definition) is 4. The van der Waals surface area contributed by atoms with Crippen LogP contribution >= 0.6 is 0 Å². The minimum atomic E-state index is -1.20. The van der Waals surface area contributed by atoms with Crippen LogP contribution in [0.25, 0.3) is 0 Å². The van der Waals surface area contributed by atoms with E-state index in [2.05, 4.69) is 9.97 Å². The van der Waals surface area contributed by atoms with Crippen LogP contribution in [0.2, 0.25) is 0 Å². The Labute approximate surface area is 81.4 Å². The Balaban J connectivity index is 2.07. The van der Waals surface area contributed by atoms with E-state index in [1.807, 2.05) is 0 Å². The molecule has 2 unspecified atom stereocenters. The molecule has 76 valence electrons. The van der Waals surface area contributed by atoms with Gasteiger partial charge in [-0.25, -0.2) is 14.4 Å². The molecular formula is C9H12FN3O. The minimum Gasteiger partial charge on any atom is -0.390 e. The fourth-order valence-electron chi connectivity index (χ4n) is 1.53. The van der Waals surface area contributed by atoms with E-state index in [1.165, 1.54) is 0 Å². The maximum Gasteiger partial charge on any atom is 0.225 e.